The Morgan fingerprint density at radius 2 is 1.13 bits per heavy atom. The fraction of sp³-hybridized carbons (Fsp3) is 0.971. The third-order valence-electron chi connectivity index (χ3n) is 7.34. The number of ether oxygens (including phenoxy) is 1. The van der Waals surface area contributed by atoms with Crippen LogP contribution in [0.1, 0.15) is 136 Å². The van der Waals surface area contributed by atoms with Gasteiger partial charge < -0.3 is 24.6 Å². The maximum absolute atomic E-state index is 8.49. The van der Waals surface area contributed by atoms with Gasteiger partial charge >= 0.3 is 0 Å². The highest BCUT2D eigenvalue weighted by Gasteiger charge is 2.53. The minimum Gasteiger partial charge on any atom is -0.395 e. The molecule has 5 nitrogen and oxygen atoms in total. The average molecular weight is 562 g/mol. The van der Waals surface area contributed by atoms with E-state index in [1.54, 1.807) is 12.0 Å². The van der Waals surface area contributed by atoms with Crippen molar-refractivity contribution in [2.45, 2.75) is 148 Å². The van der Waals surface area contributed by atoms with Crippen LogP contribution in [-0.2, 0) is 9.53 Å². The van der Waals surface area contributed by atoms with E-state index >= 15 is 0 Å². The van der Waals surface area contributed by atoms with Crippen molar-refractivity contribution >= 4 is 6.79 Å². The quantitative estimate of drug-likeness (QED) is 0.280. The summed E-state index contributed by atoms with van der Waals surface area (Å²) in [6.45, 7) is 36.4. The molecular weight excluding hydrogens is 486 g/mol. The maximum Gasteiger partial charge on any atom is 0.106 e. The van der Waals surface area contributed by atoms with Gasteiger partial charge in [-0.15, -0.1) is 0 Å². The van der Waals surface area contributed by atoms with E-state index in [-0.39, 0.29) is 24.9 Å². The summed E-state index contributed by atoms with van der Waals surface area (Å²) in [5.74, 6) is 1.93. The first kappa shape index (κ1) is 45.5. The van der Waals surface area contributed by atoms with Crippen molar-refractivity contribution in [3.8, 4) is 0 Å². The van der Waals surface area contributed by atoms with Crippen LogP contribution in [0.4, 0.5) is 0 Å². The van der Waals surface area contributed by atoms with Crippen molar-refractivity contribution < 1.29 is 19.7 Å². The van der Waals surface area contributed by atoms with E-state index in [1.807, 2.05) is 34.7 Å². The van der Waals surface area contributed by atoms with Crippen LogP contribution in [0.5, 0.6) is 0 Å². The van der Waals surface area contributed by atoms with E-state index in [4.69, 9.17) is 19.7 Å². The monoisotopic (exact) mass is 562 g/mol. The van der Waals surface area contributed by atoms with Crippen molar-refractivity contribution in [2.75, 3.05) is 34.4 Å². The van der Waals surface area contributed by atoms with Crippen LogP contribution in [-0.4, -0.2) is 68.0 Å². The molecule has 0 aromatic rings. The standard InChI is InChI=1S/C17H34.C9H20O.C5H13NO2.C2H6.CH2O/c1-9-10-16(5,6)13-11-14(13)17(7,8)12-15(2,3)4;1-8(2,3)7-9(4,5)10-6;1-6(2)5(3-7)4-8;2*1-2/h13-14H,9-12H2,1-8H3;7H2,1-6H3;5,7-8H,3-4H2,1-2H3;1-2H3;1H2. The van der Waals surface area contributed by atoms with Crippen LogP contribution in [0.15, 0.2) is 0 Å². The van der Waals surface area contributed by atoms with Gasteiger partial charge in [-0.25, -0.2) is 0 Å². The number of aliphatic hydroxyl groups excluding tert-OH is 2. The average Bonchev–Trinajstić information content (AvgIpc) is 3.58. The van der Waals surface area contributed by atoms with E-state index < -0.39 is 0 Å². The van der Waals surface area contributed by atoms with Gasteiger partial charge in [0.2, 0.25) is 0 Å². The molecule has 0 aromatic heterocycles. The first-order valence-electron chi connectivity index (χ1n) is 15.2. The Morgan fingerprint density at radius 3 is 1.33 bits per heavy atom. The highest BCUT2D eigenvalue weighted by Crippen LogP contribution is 2.62. The molecule has 1 aliphatic carbocycles. The van der Waals surface area contributed by atoms with Gasteiger partial charge in [-0.3, -0.25) is 0 Å². The number of likely N-dealkylation sites (N-methyl/N-ethyl adjacent to an activating group) is 1. The predicted molar refractivity (Wildman–Crippen MR) is 173 cm³/mol. The molecule has 5 heteroatoms. The highest BCUT2D eigenvalue weighted by atomic mass is 16.5. The number of carbonyl (C=O) groups is 1. The molecule has 39 heavy (non-hydrogen) atoms. The molecule has 0 bridgehead atoms. The zero-order valence-electron chi connectivity index (χ0n) is 30.0. The molecule has 0 aromatic carbocycles. The molecule has 0 aliphatic heterocycles. The number of hydrogen-bond acceptors (Lipinski definition) is 5. The molecule has 2 N–H and O–H groups in total. The molecule has 0 amide bonds. The minimum atomic E-state index is -0.102. The molecular formula is C34H75NO4. The highest BCUT2D eigenvalue weighted by molar-refractivity contribution is 5.11. The van der Waals surface area contributed by atoms with Crippen molar-refractivity contribution in [1.82, 2.24) is 4.90 Å². The van der Waals surface area contributed by atoms with Gasteiger partial charge in [-0.2, -0.15) is 0 Å². The molecule has 0 saturated heterocycles. The van der Waals surface area contributed by atoms with Gasteiger partial charge in [0.05, 0.1) is 24.9 Å². The van der Waals surface area contributed by atoms with Crippen molar-refractivity contribution in [3.05, 3.63) is 0 Å². The summed E-state index contributed by atoms with van der Waals surface area (Å²) in [4.78, 5) is 9.78. The summed E-state index contributed by atoms with van der Waals surface area (Å²) in [5, 5.41) is 17.0. The number of carbonyl (C=O) groups excluding carboxylic acids is 1. The summed E-state index contributed by atoms with van der Waals surface area (Å²) in [6, 6.07) is -0.102. The molecule has 0 heterocycles. The lowest BCUT2D eigenvalue weighted by Gasteiger charge is -2.35. The lowest BCUT2D eigenvalue weighted by Crippen LogP contribution is -2.34. The van der Waals surface area contributed by atoms with Crippen LogP contribution in [0.3, 0.4) is 0 Å². The zero-order valence-corrected chi connectivity index (χ0v) is 30.0. The van der Waals surface area contributed by atoms with Crippen molar-refractivity contribution in [1.29, 1.82) is 0 Å². The molecule has 0 spiro atoms. The minimum absolute atomic E-state index is 0.0174. The number of aliphatic hydroxyl groups is 2. The van der Waals surface area contributed by atoms with E-state index in [1.165, 1.54) is 25.7 Å². The second-order valence-electron chi connectivity index (χ2n) is 15.6. The summed E-state index contributed by atoms with van der Waals surface area (Å²) in [6.07, 6.45) is 6.63. The predicted octanol–water partition coefficient (Wildman–Crippen LogP) is 8.50. The Kier molecular flexibility index (Phi) is 23.8. The Balaban J connectivity index is -0.000000239. The van der Waals surface area contributed by atoms with Gasteiger partial charge in [-0.05, 0) is 87.1 Å². The van der Waals surface area contributed by atoms with Crippen molar-refractivity contribution in [2.24, 2.45) is 33.5 Å². The zero-order chi connectivity index (χ0) is 32.5. The lowest BCUT2D eigenvalue weighted by molar-refractivity contribution is -0.0980. The van der Waals surface area contributed by atoms with E-state index in [9.17, 15) is 0 Å². The normalized spacial score (nSPS) is 17.5. The van der Waals surface area contributed by atoms with Gasteiger partial charge in [-0.1, -0.05) is 96.4 Å². The van der Waals surface area contributed by atoms with Gasteiger partial charge in [0.15, 0.2) is 0 Å². The third-order valence-corrected chi connectivity index (χ3v) is 7.34. The number of nitrogens with zero attached hydrogens (tertiary/aromatic N) is 1. The van der Waals surface area contributed by atoms with Crippen LogP contribution in [0.25, 0.3) is 0 Å². The first-order valence-corrected chi connectivity index (χ1v) is 15.2. The van der Waals surface area contributed by atoms with E-state index in [2.05, 4.69) is 90.0 Å². The molecule has 1 rings (SSSR count). The molecule has 2 atom stereocenters. The molecule has 1 fully saturated rings. The third kappa shape index (κ3) is 23.9. The molecule has 0 radical (unpaired) electrons. The van der Waals surface area contributed by atoms with E-state index in [0.29, 0.717) is 21.7 Å². The SMILES string of the molecule is C=O.CC.CCCC(C)(C)C1CC1C(C)(C)CC(C)(C)C.CN(C)C(CO)CO.COC(C)(C)CC(C)(C)C. The second-order valence-corrected chi connectivity index (χ2v) is 15.6. The lowest BCUT2D eigenvalue weighted by atomic mass is 9.70. The molecule has 1 aliphatic rings. The Bertz CT molecular complexity index is 567. The maximum atomic E-state index is 8.49. The fourth-order valence-corrected chi connectivity index (χ4v) is 5.98. The van der Waals surface area contributed by atoms with Crippen LogP contribution < -0.4 is 0 Å². The second kappa shape index (κ2) is 20.4. The topological polar surface area (TPSA) is 70.0 Å². The molecule has 1 saturated carbocycles. The first-order chi connectivity index (χ1) is 17.5. The summed E-state index contributed by atoms with van der Waals surface area (Å²) < 4.78 is 5.31. The fourth-order valence-electron chi connectivity index (χ4n) is 5.98. The van der Waals surface area contributed by atoms with Crippen molar-refractivity contribution in [3.63, 3.8) is 0 Å². The van der Waals surface area contributed by atoms with Crippen LogP contribution in [0.2, 0.25) is 0 Å². The van der Waals surface area contributed by atoms with Crippen LogP contribution in [0, 0.1) is 33.5 Å². The van der Waals surface area contributed by atoms with Gasteiger partial charge in [0.25, 0.3) is 0 Å². The number of rotatable bonds is 10. The van der Waals surface area contributed by atoms with E-state index in [0.717, 1.165) is 18.3 Å². The Morgan fingerprint density at radius 1 is 0.769 bits per heavy atom. The smallest absolute Gasteiger partial charge is 0.106 e. The summed E-state index contributed by atoms with van der Waals surface area (Å²) in [7, 11) is 5.40. The molecule has 2 unspecified atom stereocenters. The Hall–Kier alpha value is -0.490. The summed E-state index contributed by atoms with van der Waals surface area (Å²) >= 11 is 0. The van der Waals surface area contributed by atoms with Gasteiger partial charge in [0.1, 0.15) is 6.79 Å². The van der Waals surface area contributed by atoms with Gasteiger partial charge in [0, 0.05) is 7.11 Å². The summed E-state index contributed by atoms with van der Waals surface area (Å²) in [5.41, 5.74) is 1.94. The van der Waals surface area contributed by atoms with Crippen LogP contribution >= 0.6 is 0 Å². The molecule has 240 valence electrons. The number of hydrogen-bond donors (Lipinski definition) is 2. The number of methoxy groups -OCH3 is 1. The largest absolute Gasteiger partial charge is 0.395 e. The Labute approximate surface area is 246 Å².